The summed E-state index contributed by atoms with van der Waals surface area (Å²) in [7, 11) is -3.70. The summed E-state index contributed by atoms with van der Waals surface area (Å²) < 4.78 is 22.9. The molecule has 0 heterocycles. The van der Waals surface area contributed by atoms with E-state index in [2.05, 4.69) is 5.32 Å². The number of hydrogen-bond acceptors (Lipinski definition) is 4. The summed E-state index contributed by atoms with van der Waals surface area (Å²) in [5.41, 5.74) is 0.513. The second kappa shape index (κ2) is 7.72. The molecule has 0 aliphatic heterocycles. The molecule has 0 saturated heterocycles. The van der Waals surface area contributed by atoms with Crippen molar-refractivity contribution in [3.05, 3.63) is 33.8 Å². The molecule has 1 atom stereocenters. The maximum absolute atomic E-state index is 12.0. The monoisotopic (exact) mass is 395 g/mol. The SMILES string of the molecule is CC(C)(C)S(=O)(=O)CC(=O)NC(Cc1cc(Cl)cc(Cl)c1)C(=O)O. The van der Waals surface area contributed by atoms with Gasteiger partial charge in [-0.2, -0.15) is 0 Å². The first-order valence-electron chi connectivity index (χ1n) is 7.01. The van der Waals surface area contributed by atoms with E-state index in [4.69, 9.17) is 23.2 Å². The maximum atomic E-state index is 12.0. The number of nitrogens with one attached hydrogen (secondary N) is 1. The summed E-state index contributed by atoms with van der Waals surface area (Å²) in [4.78, 5) is 23.3. The molecule has 1 rings (SSSR count). The molecule has 0 bridgehead atoms. The summed E-state index contributed by atoms with van der Waals surface area (Å²) in [6, 6.07) is 3.27. The normalized spacial score (nSPS) is 13.4. The number of carboxylic acid groups (broad SMARTS) is 1. The van der Waals surface area contributed by atoms with Crippen LogP contribution < -0.4 is 5.32 Å². The quantitative estimate of drug-likeness (QED) is 0.769. The molecule has 0 aromatic heterocycles. The van der Waals surface area contributed by atoms with E-state index >= 15 is 0 Å². The van der Waals surface area contributed by atoms with Crippen LogP contribution in [0.25, 0.3) is 0 Å². The molecule has 0 fully saturated rings. The Morgan fingerprint density at radius 2 is 1.67 bits per heavy atom. The van der Waals surface area contributed by atoms with Gasteiger partial charge in [0.25, 0.3) is 0 Å². The van der Waals surface area contributed by atoms with Crippen molar-refractivity contribution in [3.8, 4) is 0 Å². The highest BCUT2D eigenvalue weighted by Gasteiger charge is 2.32. The molecule has 1 aromatic carbocycles. The van der Waals surface area contributed by atoms with Gasteiger partial charge in [-0.3, -0.25) is 4.79 Å². The minimum atomic E-state index is -3.70. The lowest BCUT2D eigenvalue weighted by molar-refractivity contribution is -0.141. The Morgan fingerprint density at radius 3 is 2.08 bits per heavy atom. The summed E-state index contributed by atoms with van der Waals surface area (Å²) in [6.45, 7) is 4.41. The predicted octanol–water partition coefficient (Wildman–Crippen LogP) is 2.32. The molecular formula is C15H19Cl2NO5S. The van der Waals surface area contributed by atoms with Crippen LogP contribution in [0.2, 0.25) is 10.0 Å². The third kappa shape index (κ3) is 5.96. The van der Waals surface area contributed by atoms with Crippen LogP contribution in [0, 0.1) is 0 Å². The van der Waals surface area contributed by atoms with E-state index in [0.717, 1.165) is 0 Å². The average molecular weight is 396 g/mol. The fourth-order valence-electron chi connectivity index (χ4n) is 1.79. The van der Waals surface area contributed by atoms with Gasteiger partial charge in [0.1, 0.15) is 11.8 Å². The van der Waals surface area contributed by atoms with Crippen molar-refractivity contribution < 1.29 is 23.1 Å². The Bertz CT molecular complexity index is 720. The van der Waals surface area contributed by atoms with E-state index in [1.807, 2.05) is 0 Å². The average Bonchev–Trinajstić information content (AvgIpc) is 2.34. The van der Waals surface area contributed by atoms with Crippen molar-refractivity contribution >= 4 is 44.9 Å². The van der Waals surface area contributed by atoms with Crippen LogP contribution in [0.4, 0.5) is 0 Å². The van der Waals surface area contributed by atoms with Crippen LogP contribution in [0.15, 0.2) is 18.2 Å². The van der Waals surface area contributed by atoms with Crippen molar-refractivity contribution in [2.75, 3.05) is 5.75 Å². The predicted molar refractivity (Wildman–Crippen MR) is 93.3 cm³/mol. The second-order valence-corrected chi connectivity index (χ2v) is 9.93. The standard InChI is InChI=1S/C15H19Cl2NO5S/c1-15(2,3)24(22,23)8-13(19)18-12(14(20)21)6-9-4-10(16)7-11(17)5-9/h4-5,7,12H,6,8H2,1-3H3,(H,18,19)(H,20,21). The first kappa shape index (κ1) is 20.7. The summed E-state index contributed by atoms with van der Waals surface area (Å²) >= 11 is 11.7. The number of sulfone groups is 1. The number of rotatable bonds is 6. The number of carbonyl (C=O) groups excluding carboxylic acids is 1. The molecule has 24 heavy (non-hydrogen) atoms. The van der Waals surface area contributed by atoms with Crippen molar-refractivity contribution in [2.24, 2.45) is 0 Å². The lowest BCUT2D eigenvalue weighted by atomic mass is 10.1. The molecular weight excluding hydrogens is 377 g/mol. The highest BCUT2D eigenvalue weighted by atomic mass is 35.5. The molecule has 134 valence electrons. The lowest BCUT2D eigenvalue weighted by Gasteiger charge is -2.20. The van der Waals surface area contributed by atoms with E-state index < -0.39 is 38.3 Å². The first-order valence-corrected chi connectivity index (χ1v) is 9.42. The van der Waals surface area contributed by atoms with E-state index in [9.17, 15) is 23.1 Å². The molecule has 0 radical (unpaired) electrons. The van der Waals surface area contributed by atoms with E-state index in [1.165, 1.54) is 39.0 Å². The van der Waals surface area contributed by atoms with Crippen LogP contribution in [0.3, 0.4) is 0 Å². The molecule has 0 aliphatic carbocycles. The molecule has 1 unspecified atom stereocenters. The summed E-state index contributed by atoms with van der Waals surface area (Å²) in [6.07, 6.45) is -0.0725. The Balaban J connectivity index is 2.87. The highest BCUT2D eigenvalue weighted by molar-refractivity contribution is 7.93. The molecule has 0 aliphatic rings. The van der Waals surface area contributed by atoms with E-state index in [1.54, 1.807) is 0 Å². The van der Waals surface area contributed by atoms with Crippen LogP contribution in [0.1, 0.15) is 26.3 Å². The molecule has 9 heteroatoms. The number of carboxylic acids is 1. The van der Waals surface area contributed by atoms with Gasteiger partial charge in [-0.05, 0) is 44.5 Å². The fraction of sp³-hybridized carbons (Fsp3) is 0.467. The molecule has 0 saturated carbocycles. The fourth-order valence-corrected chi connectivity index (χ4v) is 3.22. The molecule has 2 N–H and O–H groups in total. The van der Waals surface area contributed by atoms with Crippen LogP contribution in [-0.2, 0) is 25.8 Å². The van der Waals surface area contributed by atoms with Gasteiger partial charge < -0.3 is 10.4 Å². The number of amides is 1. The van der Waals surface area contributed by atoms with Gasteiger partial charge in [-0.1, -0.05) is 23.2 Å². The van der Waals surface area contributed by atoms with Gasteiger partial charge in [-0.15, -0.1) is 0 Å². The van der Waals surface area contributed by atoms with E-state index in [-0.39, 0.29) is 6.42 Å². The van der Waals surface area contributed by atoms with E-state index in [0.29, 0.717) is 15.6 Å². The number of aliphatic carboxylic acids is 1. The van der Waals surface area contributed by atoms with Gasteiger partial charge in [0.2, 0.25) is 5.91 Å². The van der Waals surface area contributed by atoms with Crippen molar-refractivity contribution in [3.63, 3.8) is 0 Å². The van der Waals surface area contributed by atoms with Gasteiger partial charge >= 0.3 is 5.97 Å². The highest BCUT2D eigenvalue weighted by Crippen LogP contribution is 2.20. The molecule has 6 nitrogen and oxygen atoms in total. The topological polar surface area (TPSA) is 101 Å². The molecule has 1 aromatic rings. The lowest BCUT2D eigenvalue weighted by Crippen LogP contribution is -2.46. The Hall–Kier alpha value is -1.31. The molecule has 1 amide bonds. The summed E-state index contributed by atoms with van der Waals surface area (Å²) in [5, 5.41) is 12.2. The number of halogens is 2. The third-order valence-electron chi connectivity index (χ3n) is 3.25. The van der Waals surface area contributed by atoms with Crippen molar-refractivity contribution in [1.29, 1.82) is 0 Å². The second-order valence-electron chi connectivity index (χ2n) is 6.31. The minimum Gasteiger partial charge on any atom is -0.480 e. The van der Waals surface area contributed by atoms with Crippen LogP contribution >= 0.6 is 23.2 Å². The third-order valence-corrected chi connectivity index (χ3v) is 6.19. The maximum Gasteiger partial charge on any atom is 0.326 e. The number of benzene rings is 1. The van der Waals surface area contributed by atoms with Crippen molar-refractivity contribution in [2.45, 2.75) is 38.0 Å². The zero-order chi connectivity index (χ0) is 18.7. The zero-order valence-corrected chi connectivity index (χ0v) is 15.8. The van der Waals surface area contributed by atoms with Crippen LogP contribution in [0.5, 0.6) is 0 Å². The molecule has 0 spiro atoms. The minimum absolute atomic E-state index is 0.0725. The van der Waals surface area contributed by atoms with Crippen molar-refractivity contribution in [1.82, 2.24) is 5.32 Å². The van der Waals surface area contributed by atoms with Gasteiger partial charge in [0, 0.05) is 16.5 Å². The zero-order valence-electron chi connectivity index (χ0n) is 13.5. The first-order chi connectivity index (χ1) is 10.8. The Labute approximate surface area is 151 Å². The van der Waals surface area contributed by atoms with Gasteiger partial charge in [-0.25, -0.2) is 13.2 Å². The Kier molecular flexibility index (Phi) is 6.67. The smallest absolute Gasteiger partial charge is 0.326 e. The largest absolute Gasteiger partial charge is 0.480 e. The van der Waals surface area contributed by atoms with Crippen LogP contribution in [-0.4, -0.2) is 41.9 Å². The number of hydrogen-bond donors (Lipinski definition) is 2. The number of carbonyl (C=O) groups is 2. The van der Waals surface area contributed by atoms with Gasteiger partial charge in [0.15, 0.2) is 9.84 Å². The Morgan fingerprint density at radius 1 is 1.17 bits per heavy atom. The van der Waals surface area contributed by atoms with Gasteiger partial charge in [0.05, 0.1) is 4.75 Å². The summed E-state index contributed by atoms with van der Waals surface area (Å²) in [5.74, 6) is -2.94.